The average molecular weight is 310 g/mol. The van der Waals surface area contributed by atoms with Gasteiger partial charge in [0.15, 0.2) is 5.69 Å². The van der Waals surface area contributed by atoms with Gasteiger partial charge in [-0.05, 0) is 18.2 Å². The number of rotatable bonds is 2. The van der Waals surface area contributed by atoms with Crippen LogP contribution in [0.25, 0.3) is 0 Å². The zero-order valence-electron chi connectivity index (χ0n) is 8.98. The highest BCUT2D eigenvalue weighted by Crippen LogP contribution is 2.21. The molecule has 0 saturated carbocycles. The van der Waals surface area contributed by atoms with Gasteiger partial charge in [0.1, 0.15) is 5.82 Å². The van der Waals surface area contributed by atoms with Crippen LogP contribution in [0.3, 0.4) is 0 Å². The summed E-state index contributed by atoms with van der Waals surface area (Å²) in [6.45, 7) is 0. The first-order valence-corrected chi connectivity index (χ1v) is 5.65. The molecule has 0 radical (unpaired) electrons. The Morgan fingerprint density at radius 3 is 2.61 bits per heavy atom. The number of aromatic amines is 2. The minimum absolute atomic E-state index is 0.123. The van der Waals surface area contributed by atoms with Crippen molar-refractivity contribution in [2.75, 3.05) is 5.73 Å². The summed E-state index contributed by atoms with van der Waals surface area (Å²) in [4.78, 5) is 26.6. The number of nitrogen functional groups attached to an aromatic ring is 1. The van der Waals surface area contributed by atoms with Crippen molar-refractivity contribution in [1.29, 1.82) is 0 Å². The molecule has 0 aliphatic rings. The molecular formula is C10H8BrN5O2. The number of hydrogen-bond acceptors (Lipinski definition) is 5. The number of anilines is 1. The second kappa shape index (κ2) is 4.96. The van der Waals surface area contributed by atoms with Crippen molar-refractivity contribution in [3.63, 3.8) is 0 Å². The normalized spacial score (nSPS) is 10.9. The average Bonchev–Trinajstić information content (AvgIpc) is 2.27. The Bertz CT molecular complexity index is 719. The molecule has 0 bridgehead atoms. The van der Waals surface area contributed by atoms with Crippen LogP contribution in [0.5, 0.6) is 0 Å². The number of nitrogens with one attached hydrogen (secondary N) is 2. The standard InChI is InChI=1S/C10H8BrN5O2/c11-5-2-1-3-6(4-5)15-16-7-8(12)13-10(18)14-9(7)17/h1-4H,(H4,12,13,14,17,18). The summed E-state index contributed by atoms with van der Waals surface area (Å²) in [6, 6.07) is 7.04. The van der Waals surface area contributed by atoms with Crippen LogP contribution in [-0.4, -0.2) is 9.97 Å². The number of nitrogens with two attached hydrogens (primary N) is 1. The molecule has 1 heterocycles. The van der Waals surface area contributed by atoms with E-state index < -0.39 is 11.2 Å². The smallest absolute Gasteiger partial charge is 0.327 e. The van der Waals surface area contributed by atoms with Gasteiger partial charge in [-0.2, -0.15) is 5.11 Å². The molecule has 1 aromatic heterocycles. The molecule has 0 aliphatic heterocycles. The van der Waals surface area contributed by atoms with Crippen LogP contribution in [0.15, 0.2) is 48.6 Å². The second-order valence-electron chi connectivity index (χ2n) is 3.35. The molecule has 0 unspecified atom stereocenters. The quantitative estimate of drug-likeness (QED) is 0.734. The Morgan fingerprint density at radius 1 is 1.17 bits per heavy atom. The third-order valence-corrected chi connectivity index (χ3v) is 2.51. The van der Waals surface area contributed by atoms with Gasteiger partial charge < -0.3 is 5.73 Å². The molecule has 0 saturated heterocycles. The highest BCUT2D eigenvalue weighted by Gasteiger charge is 2.05. The van der Waals surface area contributed by atoms with E-state index in [1.54, 1.807) is 18.2 Å². The summed E-state index contributed by atoms with van der Waals surface area (Å²) in [5, 5.41) is 7.58. The SMILES string of the molecule is Nc1[nH]c(=O)[nH]c(=O)c1N=Nc1cccc(Br)c1. The van der Waals surface area contributed by atoms with Gasteiger partial charge in [-0.1, -0.05) is 22.0 Å². The predicted molar refractivity (Wildman–Crippen MR) is 70.4 cm³/mol. The lowest BCUT2D eigenvalue weighted by molar-refractivity contribution is 1.03. The van der Waals surface area contributed by atoms with Gasteiger partial charge >= 0.3 is 5.69 Å². The van der Waals surface area contributed by atoms with Crippen molar-refractivity contribution in [2.24, 2.45) is 10.2 Å². The highest BCUT2D eigenvalue weighted by molar-refractivity contribution is 9.10. The van der Waals surface area contributed by atoms with E-state index in [9.17, 15) is 9.59 Å². The Hall–Kier alpha value is -2.22. The first-order valence-electron chi connectivity index (χ1n) is 4.85. The van der Waals surface area contributed by atoms with Crippen molar-refractivity contribution in [1.82, 2.24) is 9.97 Å². The van der Waals surface area contributed by atoms with Crippen molar-refractivity contribution >= 4 is 33.1 Å². The van der Waals surface area contributed by atoms with Gasteiger partial charge in [-0.15, -0.1) is 5.11 Å². The van der Waals surface area contributed by atoms with Crippen LogP contribution in [0.2, 0.25) is 0 Å². The molecule has 18 heavy (non-hydrogen) atoms. The molecule has 0 aliphatic carbocycles. The van der Waals surface area contributed by atoms with E-state index in [-0.39, 0.29) is 11.5 Å². The first kappa shape index (κ1) is 12.2. The maximum absolute atomic E-state index is 11.4. The monoisotopic (exact) mass is 309 g/mol. The molecule has 1 aromatic carbocycles. The van der Waals surface area contributed by atoms with Crippen molar-refractivity contribution in [3.05, 3.63) is 49.6 Å². The lowest BCUT2D eigenvalue weighted by Crippen LogP contribution is -2.23. The Labute approximate surface area is 109 Å². The summed E-state index contributed by atoms with van der Waals surface area (Å²) >= 11 is 3.29. The van der Waals surface area contributed by atoms with Gasteiger partial charge in [0.05, 0.1) is 5.69 Å². The zero-order valence-corrected chi connectivity index (χ0v) is 10.6. The number of azo groups is 1. The Balaban J connectivity index is 2.41. The lowest BCUT2D eigenvalue weighted by atomic mass is 10.3. The maximum atomic E-state index is 11.4. The lowest BCUT2D eigenvalue weighted by Gasteiger charge is -1.96. The molecule has 2 rings (SSSR count). The highest BCUT2D eigenvalue weighted by atomic mass is 79.9. The topological polar surface area (TPSA) is 116 Å². The number of hydrogen-bond donors (Lipinski definition) is 3. The van der Waals surface area contributed by atoms with Crippen molar-refractivity contribution < 1.29 is 0 Å². The first-order chi connectivity index (χ1) is 8.56. The van der Waals surface area contributed by atoms with Crippen LogP contribution in [-0.2, 0) is 0 Å². The Kier molecular flexibility index (Phi) is 3.38. The third kappa shape index (κ3) is 2.72. The molecule has 0 fully saturated rings. The zero-order chi connectivity index (χ0) is 13.1. The van der Waals surface area contributed by atoms with E-state index in [0.717, 1.165) is 4.47 Å². The fourth-order valence-corrected chi connectivity index (χ4v) is 1.63. The number of benzene rings is 1. The van der Waals surface area contributed by atoms with E-state index in [2.05, 4.69) is 31.1 Å². The molecule has 0 spiro atoms. The summed E-state index contributed by atoms with van der Waals surface area (Å²) in [5.74, 6) is -0.123. The van der Waals surface area contributed by atoms with Gasteiger partial charge in [0, 0.05) is 4.47 Å². The summed E-state index contributed by atoms with van der Waals surface area (Å²) in [5.41, 5.74) is 4.53. The third-order valence-electron chi connectivity index (χ3n) is 2.02. The minimum atomic E-state index is -0.685. The van der Waals surface area contributed by atoms with Gasteiger partial charge in [-0.3, -0.25) is 14.8 Å². The molecule has 8 heteroatoms. The molecule has 0 amide bonds. The molecule has 0 atom stereocenters. The number of H-pyrrole nitrogens is 2. The van der Waals surface area contributed by atoms with Crippen molar-refractivity contribution in [3.8, 4) is 0 Å². The largest absolute Gasteiger partial charge is 0.383 e. The molecule has 4 N–H and O–H groups in total. The fourth-order valence-electron chi connectivity index (χ4n) is 1.24. The van der Waals surface area contributed by atoms with Crippen LogP contribution in [0.4, 0.5) is 17.2 Å². The van der Waals surface area contributed by atoms with E-state index in [0.29, 0.717) is 5.69 Å². The summed E-state index contributed by atoms with van der Waals surface area (Å²) in [7, 11) is 0. The predicted octanol–water partition coefficient (Wildman–Crippen LogP) is 1.82. The summed E-state index contributed by atoms with van der Waals surface area (Å²) < 4.78 is 0.835. The van der Waals surface area contributed by atoms with E-state index in [4.69, 9.17) is 5.73 Å². The van der Waals surface area contributed by atoms with E-state index in [1.165, 1.54) is 0 Å². The minimum Gasteiger partial charge on any atom is -0.383 e. The van der Waals surface area contributed by atoms with E-state index >= 15 is 0 Å². The molecular weight excluding hydrogens is 302 g/mol. The van der Waals surface area contributed by atoms with Crippen LogP contribution < -0.4 is 17.0 Å². The maximum Gasteiger partial charge on any atom is 0.327 e. The summed E-state index contributed by atoms with van der Waals surface area (Å²) in [6.07, 6.45) is 0. The van der Waals surface area contributed by atoms with Crippen molar-refractivity contribution in [2.45, 2.75) is 0 Å². The van der Waals surface area contributed by atoms with Crippen LogP contribution in [0.1, 0.15) is 0 Å². The second-order valence-corrected chi connectivity index (χ2v) is 4.27. The van der Waals surface area contributed by atoms with Crippen LogP contribution >= 0.6 is 15.9 Å². The van der Waals surface area contributed by atoms with E-state index in [1.807, 2.05) is 11.1 Å². The molecule has 7 nitrogen and oxygen atoms in total. The number of aromatic nitrogens is 2. The molecule has 92 valence electrons. The van der Waals surface area contributed by atoms with Crippen LogP contribution in [0, 0.1) is 0 Å². The van der Waals surface area contributed by atoms with Gasteiger partial charge in [0.25, 0.3) is 5.56 Å². The number of nitrogens with zero attached hydrogens (tertiary/aromatic N) is 2. The Morgan fingerprint density at radius 2 is 1.94 bits per heavy atom. The van der Waals surface area contributed by atoms with Gasteiger partial charge in [0.2, 0.25) is 0 Å². The molecule has 2 aromatic rings. The fraction of sp³-hybridized carbons (Fsp3) is 0. The van der Waals surface area contributed by atoms with Gasteiger partial charge in [-0.25, -0.2) is 4.79 Å². The number of halogens is 1.